The van der Waals surface area contributed by atoms with Gasteiger partial charge >= 0.3 is 0 Å². The van der Waals surface area contributed by atoms with Crippen LogP contribution in [0.3, 0.4) is 0 Å². The van der Waals surface area contributed by atoms with Gasteiger partial charge in [-0.05, 0) is 19.1 Å². The summed E-state index contributed by atoms with van der Waals surface area (Å²) in [4.78, 5) is 5.44. The van der Waals surface area contributed by atoms with Crippen molar-refractivity contribution in [3.63, 3.8) is 0 Å². The van der Waals surface area contributed by atoms with Crippen molar-refractivity contribution in [3.05, 3.63) is 33.7 Å². The maximum atomic E-state index is 5.92. The van der Waals surface area contributed by atoms with Gasteiger partial charge in [0.15, 0.2) is 0 Å². The van der Waals surface area contributed by atoms with Crippen molar-refractivity contribution >= 4 is 28.9 Å². The molecule has 0 spiro atoms. The van der Waals surface area contributed by atoms with Crippen molar-refractivity contribution in [3.8, 4) is 0 Å². The smallest absolute Gasteiger partial charge is 0.203 e. The number of hydrogen-bond acceptors (Lipinski definition) is 3. The third kappa shape index (κ3) is 2.01. The molecule has 15 heavy (non-hydrogen) atoms. The van der Waals surface area contributed by atoms with Crippen LogP contribution in [0.5, 0.6) is 0 Å². The molecule has 0 radical (unpaired) electrons. The van der Waals surface area contributed by atoms with Gasteiger partial charge in [-0.25, -0.2) is 4.98 Å². The molecular weight excluding hydrogens is 230 g/mol. The lowest BCUT2D eigenvalue weighted by Gasteiger charge is -2.14. The highest BCUT2D eigenvalue weighted by Crippen LogP contribution is 2.30. The van der Waals surface area contributed by atoms with Crippen LogP contribution < -0.4 is 5.32 Å². The first-order valence-corrected chi connectivity index (χ1v) is 5.87. The van der Waals surface area contributed by atoms with E-state index in [4.69, 9.17) is 11.6 Å². The summed E-state index contributed by atoms with van der Waals surface area (Å²) < 4.78 is 2.91. The summed E-state index contributed by atoms with van der Waals surface area (Å²) in [5.41, 5.74) is 0. The molecule has 2 heterocycles. The second kappa shape index (κ2) is 4.24. The standard InChI is InChI=1S/C10H12ClN3S/c1-7(8-3-4-9(11)15-8)14-6-5-13-10(14)12-2/h3-7H,1-2H3,(H,12,13). The molecular formula is C10H12ClN3S. The number of hydrogen-bond donors (Lipinski definition) is 1. The number of anilines is 1. The Kier molecular flexibility index (Phi) is 2.98. The van der Waals surface area contributed by atoms with Gasteiger partial charge in [0.1, 0.15) is 0 Å². The first kappa shape index (κ1) is 10.5. The number of nitrogens with one attached hydrogen (secondary N) is 1. The van der Waals surface area contributed by atoms with Crippen LogP contribution in [0.25, 0.3) is 0 Å². The Morgan fingerprint density at radius 3 is 2.93 bits per heavy atom. The first-order chi connectivity index (χ1) is 7.22. The topological polar surface area (TPSA) is 29.9 Å². The van der Waals surface area contributed by atoms with E-state index < -0.39 is 0 Å². The van der Waals surface area contributed by atoms with Gasteiger partial charge in [-0.3, -0.25) is 0 Å². The van der Waals surface area contributed by atoms with Crippen LogP contribution in [0, 0.1) is 0 Å². The summed E-state index contributed by atoms with van der Waals surface area (Å²) in [5.74, 6) is 0.868. The Hall–Kier alpha value is -1.000. The second-order valence-electron chi connectivity index (χ2n) is 3.23. The number of aromatic nitrogens is 2. The minimum absolute atomic E-state index is 0.257. The summed E-state index contributed by atoms with van der Waals surface area (Å²) in [7, 11) is 1.87. The van der Waals surface area contributed by atoms with Crippen molar-refractivity contribution in [2.75, 3.05) is 12.4 Å². The maximum Gasteiger partial charge on any atom is 0.203 e. The molecule has 3 nitrogen and oxygen atoms in total. The molecule has 2 aromatic heterocycles. The van der Waals surface area contributed by atoms with Gasteiger partial charge in [0.25, 0.3) is 0 Å². The van der Waals surface area contributed by atoms with Crippen molar-refractivity contribution in [1.29, 1.82) is 0 Å². The second-order valence-corrected chi connectivity index (χ2v) is 4.97. The Labute approximate surface area is 97.7 Å². The molecule has 0 amide bonds. The molecule has 1 N–H and O–H groups in total. The SMILES string of the molecule is CNc1nccn1C(C)c1ccc(Cl)s1. The van der Waals surface area contributed by atoms with E-state index in [0.29, 0.717) is 0 Å². The van der Waals surface area contributed by atoms with Crippen molar-refractivity contribution in [2.45, 2.75) is 13.0 Å². The van der Waals surface area contributed by atoms with Crippen molar-refractivity contribution < 1.29 is 0 Å². The van der Waals surface area contributed by atoms with Gasteiger partial charge < -0.3 is 9.88 Å². The maximum absolute atomic E-state index is 5.92. The van der Waals surface area contributed by atoms with E-state index in [1.165, 1.54) is 4.88 Å². The molecule has 0 aliphatic heterocycles. The summed E-state index contributed by atoms with van der Waals surface area (Å²) in [6, 6.07) is 4.23. The molecule has 0 aliphatic rings. The van der Waals surface area contributed by atoms with E-state index in [9.17, 15) is 0 Å². The van der Waals surface area contributed by atoms with Crippen LogP contribution in [0.1, 0.15) is 17.8 Å². The molecule has 2 aromatic rings. The molecule has 1 atom stereocenters. The van der Waals surface area contributed by atoms with Crippen molar-refractivity contribution in [2.24, 2.45) is 0 Å². The number of rotatable bonds is 3. The minimum Gasteiger partial charge on any atom is -0.359 e. The fourth-order valence-corrected chi connectivity index (χ4v) is 2.62. The normalized spacial score (nSPS) is 12.7. The van der Waals surface area contributed by atoms with Gasteiger partial charge in [0, 0.05) is 24.3 Å². The molecule has 80 valence electrons. The van der Waals surface area contributed by atoms with E-state index >= 15 is 0 Å². The van der Waals surface area contributed by atoms with E-state index in [2.05, 4.69) is 27.9 Å². The van der Waals surface area contributed by atoms with Crippen LogP contribution in [0.4, 0.5) is 5.95 Å². The van der Waals surface area contributed by atoms with Crippen molar-refractivity contribution in [1.82, 2.24) is 9.55 Å². The summed E-state index contributed by atoms with van der Waals surface area (Å²) in [6.45, 7) is 2.13. The average molecular weight is 242 g/mol. The summed E-state index contributed by atoms with van der Waals surface area (Å²) in [5, 5.41) is 3.06. The van der Waals surface area contributed by atoms with Gasteiger partial charge in [-0.15, -0.1) is 11.3 Å². The minimum atomic E-state index is 0.257. The molecule has 2 rings (SSSR count). The zero-order valence-electron chi connectivity index (χ0n) is 8.57. The molecule has 0 fully saturated rings. The van der Waals surface area contributed by atoms with Crippen LogP contribution in [0.15, 0.2) is 24.5 Å². The summed E-state index contributed by atoms with van der Waals surface area (Å²) in [6.07, 6.45) is 3.75. The number of thiophene rings is 1. The molecule has 0 bridgehead atoms. The third-order valence-corrected chi connectivity index (χ3v) is 3.72. The van der Waals surface area contributed by atoms with Crippen LogP contribution in [-0.4, -0.2) is 16.6 Å². The lowest BCUT2D eigenvalue weighted by Crippen LogP contribution is -2.08. The quantitative estimate of drug-likeness (QED) is 0.894. The molecule has 5 heteroatoms. The first-order valence-electron chi connectivity index (χ1n) is 4.68. The number of imidazole rings is 1. The fraction of sp³-hybridized carbons (Fsp3) is 0.300. The fourth-order valence-electron chi connectivity index (χ4n) is 1.51. The highest BCUT2D eigenvalue weighted by atomic mass is 35.5. The molecule has 1 unspecified atom stereocenters. The molecule has 0 saturated heterocycles. The van der Waals surface area contributed by atoms with E-state index in [0.717, 1.165) is 10.3 Å². The lowest BCUT2D eigenvalue weighted by molar-refractivity contribution is 0.657. The van der Waals surface area contributed by atoms with Crippen LogP contribution in [0.2, 0.25) is 4.34 Å². The van der Waals surface area contributed by atoms with Crippen LogP contribution in [-0.2, 0) is 0 Å². The third-order valence-electron chi connectivity index (χ3n) is 2.32. The highest BCUT2D eigenvalue weighted by Gasteiger charge is 2.12. The Morgan fingerprint density at radius 1 is 1.53 bits per heavy atom. The van der Waals surface area contributed by atoms with Gasteiger partial charge in [-0.1, -0.05) is 11.6 Å². The molecule has 0 aromatic carbocycles. The summed E-state index contributed by atoms with van der Waals surface area (Å²) >= 11 is 7.52. The highest BCUT2D eigenvalue weighted by molar-refractivity contribution is 7.16. The van der Waals surface area contributed by atoms with E-state index in [1.807, 2.05) is 19.3 Å². The average Bonchev–Trinajstić information content (AvgIpc) is 2.84. The predicted octanol–water partition coefficient (Wildman–Crippen LogP) is 3.25. The number of halogens is 1. The Balaban J connectivity index is 2.31. The van der Waals surface area contributed by atoms with E-state index in [-0.39, 0.29) is 6.04 Å². The monoisotopic (exact) mass is 241 g/mol. The number of nitrogens with zero attached hydrogens (tertiary/aromatic N) is 2. The predicted molar refractivity (Wildman–Crippen MR) is 64.9 cm³/mol. The lowest BCUT2D eigenvalue weighted by atomic mass is 10.3. The zero-order chi connectivity index (χ0) is 10.8. The van der Waals surface area contributed by atoms with E-state index in [1.54, 1.807) is 17.5 Å². The van der Waals surface area contributed by atoms with Crippen LogP contribution >= 0.6 is 22.9 Å². The van der Waals surface area contributed by atoms with Gasteiger partial charge in [0.2, 0.25) is 5.95 Å². The largest absolute Gasteiger partial charge is 0.359 e. The molecule has 0 saturated carbocycles. The van der Waals surface area contributed by atoms with Gasteiger partial charge in [0.05, 0.1) is 10.4 Å². The molecule has 0 aliphatic carbocycles. The Bertz CT molecular complexity index is 449. The Morgan fingerprint density at radius 2 is 2.33 bits per heavy atom. The van der Waals surface area contributed by atoms with Gasteiger partial charge in [-0.2, -0.15) is 0 Å². The zero-order valence-corrected chi connectivity index (χ0v) is 10.1.